The molecule has 13 nitrogen and oxygen atoms in total. The Hall–Kier alpha value is -4.73. The topological polar surface area (TPSA) is 166 Å². The lowest BCUT2D eigenvalue weighted by atomic mass is 10.1. The number of hydrogen-bond donors (Lipinski definition) is 0. The van der Waals surface area contributed by atoms with Crippen molar-refractivity contribution in [2.75, 3.05) is 45.4 Å². The fraction of sp³-hybridized carbons (Fsp3) is 0.318. The molecule has 0 heterocycles. The second-order valence-corrected chi connectivity index (χ2v) is 6.83. The molecule has 0 aliphatic carbocycles. The van der Waals surface area contributed by atoms with Crippen LogP contribution in [0.5, 0.6) is 0 Å². The smallest absolute Gasteiger partial charge is 0.438 e. The number of aryl methyl sites for hydroxylation is 1. The number of ether oxygens (including phenoxy) is 4. The minimum absolute atomic E-state index is 0.0274. The van der Waals surface area contributed by atoms with Crippen LogP contribution in [-0.4, -0.2) is 57.8 Å². The van der Waals surface area contributed by atoms with E-state index in [-0.39, 0.29) is 43.2 Å². The zero-order valence-corrected chi connectivity index (χ0v) is 19.3. The molecule has 2 rings (SSSR count). The van der Waals surface area contributed by atoms with E-state index in [2.05, 4.69) is 19.7 Å². The molecular formula is C22H23N5O8. The maximum absolute atomic E-state index is 11.2. The number of azo groups is 1. The van der Waals surface area contributed by atoms with Crippen LogP contribution in [0.15, 0.2) is 46.6 Å². The minimum Gasteiger partial charge on any atom is -0.438 e. The Balaban J connectivity index is 2.20. The number of methoxy groups -OCH3 is 2. The van der Waals surface area contributed by atoms with E-state index in [1.807, 2.05) is 17.0 Å². The third kappa shape index (κ3) is 7.97. The SMILES string of the molecule is COC(=O)OCCN(CCOC(=O)OC)c1ccc(/N=N/c2ccc([N+](=O)[O-])cc2C#N)c(C)c1. The third-order valence-corrected chi connectivity index (χ3v) is 4.62. The van der Waals surface area contributed by atoms with E-state index >= 15 is 0 Å². The zero-order chi connectivity index (χ0) is 25.8. The van der Waals surface area contributed by atoms with Gasteiger partial charge >= 0.3 is 12.3 Å². The number of carbonyl (C=O) groups excluding carboxylic acids is 2. The van der Waals surface area contributed by atoms with E-state index < -0.39 is 17.2 Å². The summed E-state index contributed by atoms with van der Waals surface area (Å²) in [5, 5.41) is 28.4. The Morgan fingerprint density at radius 1 is 1.00 bits per heavy atom. The summed E-state index contributed by atoms with van der Waals surface area (Å²) in [5.41, 5.74) is 1.99. The standard InChI is InChI=1S/C22H23N5O8/c1-15-12-17(26(8-10-34-21(28)32-2)9-11-35-22(29)33-3)4-6-19(15)24-25-20-7-5-18(27(30)31)13-16(20)14-23/h4-7,12-13H,8-11H2,1-3H3/b25-24+. The van der Waals surface area contributed by atoms with Gasteiger partial charge in [0, 0.05) is 17.8 Å². The van der Waals surface area contributed by atoms with Crippen LogP contribution in [-0.2, 0) is 18.9 Å². The second-order valence-electron chi connectivity index (χ2n) is 6.83. The first-order valence-electron chi connectivity index (χ1n) is 10.2. The van der Waals surface area contributed by atoms with Crippen LogP contribution in [0.3, 0.4) is 0 Å². The molecule has 0 amide bonds. The van der Waals surface area contributed by atoms with Crippen molar-refractivity contribution in [1.29, 1.82) is 5.26 Å². The maximum atomic E-state index is 11.2. The van der Waals surface area contributed by atoms with Crippen molar-refractivity contribution in [3.8, 4) is 6.07 Å². The van der Waals surface area contributed by atoms with Crippen LogP contribution >= 0.6 is 0 Å². The highest BCUT2D eigenvalue weighted by atomic mass is 16.7. The molecule has 2 aromatic rings. The normalized spacial score (nSPS) is 10.3. The molecule has 0 aliphatic rings. The van der Waals surface area contributed by atoms with Gasteiger partial charge in [-0.2, -0.15) is 10.4 Å². The van der Waals surface area contributed by atoms with E-state index in [0.717, 1.165) is 17.3 Å². The molecule has 0 unspecified atom stereocenters. The molecular weight excluding hydrogens is 462 g/mol. The molecule has 0 radical (unpaired) electrons. The monoisotopic (exact) mass is 485 g/mol. The van der Waals surface area contributed by atoms with Crippen LogP contribution in [0, 0.1) is 28.4 Å². The summed E-state index contributed by atoms with van der Waals surface area (Å²) in [5.74, 6) is 0. The first-order chi connectivity index (χ1) is 16.8. The molecule has 0 aromatic heterocycles. The van der Waals surface area contributed by atoms with Crippen molar-refractivity contribution in [2.45, 2.75) is 6.92 Å². The van der Waals surface area contributed by atoms with E-state index in [9.17, 15) is 25.0 Å². The molecule has 0 bridgehead atoms. The van der Waals surface area contributed by atoms with Gasteiger partial charge in [-0.15, -0.1) is 5.11 Å². The van der Waals surface area contributed by atoms with Crippen molar-refractivity contribution in [2.24, 2.45) is 10.2 Å². The predicted octanol–water partition coefficient (Wildman–Crippen LogP) is 4.56. The number of rotatable bonds is 10. The van der Waals surface area contributed by atoms with Gasteiger partial charge in [-0.05, 0) is 36.8 Å². The van der Waals surface area contributed by atoms with Crippen molar-refractivity contribution in [3.63, 3.8) is 0 Å². The van der Waals surface area contributed by atoms with Crippen LogP contribution in [0.25, 0.3) is 0 Å². The summed E-state index contributed by atoms with van der Waals surface area (Å²) in [7, 11) is 2.41. The number of nitrogens with zero attached hydrogens (tertiary/aromatic N) is 5. The van der Waals surface area contributed by atoms with E-state index in [1.54, 1.807) is 19.1 Å². The van der Waals surface area contributed by atoms with E-state index in [1.165, 1.54) is 26.4 Å². The van der Waals surface area contributed by atoms with Crippen LogP contribution in [0.4, 0.5) is 32.3 Å². The van der Waals surface area contributed by atoms with Gasteiger partial charge in [-0.3, -0.25) is 10.1 Å². The van der Waals surface area contributed by atoms with Gasteiger partial charge in [-0.25, -0.2) is 9.59 Å². The Bertz CT molecular complexity index is 1120. The number of carbonyl (C=O) groups is 2. The number of non-ortho nitro benzene ring substituents is 1. The largest absolute Gasteiger partial charge is 0.508 e. The maximum Gasteiger partial charge on any atom is 0.508 e. The Labute approximate surface area is 200 Å². The highest BCUT2D eigenvalue weighted by molar-refractivity contribution is 5.61. The predicted molar refractivity (Wildman–Crippen MR) is 122 cm³/mol. The van der Waals surface area contributed by atoms with E-state index in [4.69, 9.17) is 9.47 Å². The quantitative estimate of drug-likeness (QED) is 0.201. The van der Waals surface area contributed by atoms with E-state index in [0.29, 0.717) is 5.69 Å². The molecule has 0 atom stereocenters. The van der Waals surface area contributed by atoms with Crippen LogP contribution in [0.2, 0.25) is 0 Å². The Morgan fingerprint density at radius 2 is 1.57 bits per heavy atom. The number of nitriles is 1. The first kappa shape index (κ1) is 26.5. The Morgan fingerprint density at radius 3 is 2.09 bits per heavy atom. The summed E-state index contributed by atoms with van der Waals surface area (Å²) < 4.78 is 18.8. The summed E-state index contributed by atoms with van der Waals surface area (Å²) in [6.45, 7) is 2.43. The van der Waals surface area contributed by atoms with Crippen LogP contribution < -0.4 is 4.90 Å². The van der Waals surface area contributed by atoms with Gasteiger partial charge in [0.2, 0.25) is 0 Å². The molecule has 2 aromatic carbocycles. The number of benzene rings is 2. The lowest BCUT2D eigenvalue weighted by Gasteiger charge is -2.25. The molecule has 13 heteroatoms. The molecule has 0 saturated carbocycles. The van der Waals surface area contributed by atoms with Crippen molar-refractivity contribution < 1.29 is 33.5 Å². The van der Waals surface area contributed by atoms with Crippen molar-refractivity contribution in [3.05, 3.63) is 57.6 Å². The second kappa shape index (κ2) is 13.1. The van der Waals surface area contributed by atoms with Gasteiger partial charge < -0.3 is 23.8 Å². The highest BCUT2D eigenvalue weighted by Crippen LogP contribution is 2.29. The first-order valence-corrected chi connectivity index (χ1v) is 10.2. The summed E-state index contributed by atoms with van der Waals surface area (Å²) in [6.07, 6.45) is -1.63. The molecule has 0 aliphatic heterocycles. The lowest BCUT2D eigenvalue weighted by molar-refractivity contribution is -0.384. The molecule has 184 valence electrons. The average Bonchev–Trinajstić information content (AvgIpc) is 2.86. The average molecular weight is 485 g/mol. The highest BCUT2D eigenvalue weighted by Gasteiger charge is 2.13. The van der Waals surface area contributed by atoms with Gasteiger partial charge in [0.1, 0.15) is 25.0 Å². The molecule has 35 heavy (non-hydrogen) atoms. The fourth-order valence-corrected chi connectivity index (χ4v) is 2.84. The van der Waals surface area contributed by atoms with Gasteiger partial charge in [0.05, 0.1) is 43.5 Å². The Kier molecular flexibility index (Phi) is 9.92. The number of nitro groups is 1. The number of nitro benzene ring substituents is 1. The van der Waals surface area contributed by atoms with Crippen LogP contribution in [0.1, 0.15) is 11.1 Å². The number of anilines is 1. The number of hydrogen-bond acceptors (Lipinski definition) is 12. The molecule has 0 N–H and O–H groups in total. The van der Waals surface area contributed by atoms with Gasteiger partial charge in [0.15, 0.2) is 0 Å². The molecule has 0 spiro atoms. The fourth-order valence-electron chi connectivity index (χ4n) is 2.84. The zero-order valence-electron chi connectivity index (χ0n) is 19.3. The summed E-state index contributed by atoms with van der Waals surface area (Å²) in [6, 6.07) is 10.9. The summed E-state index contributed by atoms with van der Waals surface area (Å²) in [4.78, 5) is 34.6. The molecule has 0 saturated heterocycles. The third-order valence-electron chi connectivity index (χ3n) is 4.62. The molecule has 0 fully saturated rings. The van der Waals surface area contributed by atoms with Crippen molar-refractivity contribution in [1.82, 2.24) is 0 Å². The lowest BCUT2D eigenvalue weighted by Crippen LogP contribution is -2.32. The van der Waals surface area contributed by atoms with Crippen molar-refractivity contribution >= 4 is 35.1 Å². The summed E-state index contributed by atoms with van der Waals surface area (Å²) >= 11 is 0. The van der Waals surface area contributed by atoms with Gasteiger partial charge in [0.25, 0.3) is 5.69 Å². The minimum atomic E-state index is -0.814. The van der Waals surface area contributed by atoms with Gasteiger partial charge in [-0.1, -0.05) is 0 Å².